The Balaban J connectivity index is 2.20. The van der Waals surface area contributed by atoms with Gasteiger partial charge in [0.25, 0.3) is 0 Å². The summed E-state index contributed by atoms with van der Waals surface area (Å²) in [7, 11) is 0. The van der Waals surface area contributed by atoms with Crippen molar-refractivity contribution in [1.29, 1.82) is 0 Å². The average Bonchev–Trinajstić information content (AvgIpc) is 2.34. The number of halogens is 1. The Kier molecular flexibility index (Phi) is 4.21. The molecule has 1 fully saturated rings. The minimum absolute atomic E-state index is 0.539. The van der Waals surface area contributed by atoms with E-state index in [9.17, 15) is 0 Å². The number of alkyl halides is 1. The molecule has 0 spiro atoms. The SMILES string of the molecule is Cc1ncc(N2CCCCC2CCCl)nc1C. The lowest BCUT2D eigenvalue weighted by Crippen LogP contribution is -2.40. The quantitative estimate of drug-likeness (QED) is 0.776. The van der Waals surface area contributed by atoms with Gasteiger partial charge in [0, 0.05) is 18.5 Å². The van der Waals surface area contributed by atoms with E-state index < -0.39 is 0 Å². The number of nitrogens with zero attached hydrogens (tertiary/aromatic N) is 3. The third-order valence-electron chi connectivity index (χ3n) is 3.54. The largest absolute Gasteiger partial charge is 0.352 e. The second kappa shape index (κ2) is 5.67. The van der Waals surface area contributed by atoms with E-state index in [1.807, 2.05) is 20.0 Å². The summed E-state index contributed by atoms with van der Waals surface area (Å²) in [5.74, 6) is 1.74. The van der Waals surface area contributed by atoms with Crippen molar-refractivity contribution < 1.29 is 0 Å². The van der Waals surface area contributed by atoms with Crippen molar-refractivity contribution in [3.8, 4) is 0 Å². The molecule has 17 heavy (non-hydrogen) atoms. The lowest BCUT2D eigenvalue weighted by atomic mass is 10.00. The zero-order chi connectivity index (χ0) is 12.3. The van der Waals surface area contributed by atoms with Crippen LogP contribution >= 0.6 is 11.6 Å². The first kappa shape index (κ1) is 12.6. The molecule has 1 aliphatic heterocycles. The first-order valence-electron chi connectivity index (χ1n) is 6.35. The maximum atomic E-state index is 5.88. The fourth-order valence-corrected chi connectivity index (χ4v) is 2.65. The van der Waals surface area contributed by atoms with Crippen molar-refractivity contribution in [2.75, 3.05) is 17.3 Å². The smallest absolute Gasteiger partial charge is 0.147 e. The fourth-order valence-electron chi connectivity index (χ4n) is 2.40. The molecule has 0 radical (unpaired) electrons. The maximum Gasteiger partial charge on any atom is 0.147 e. The Labute approximate surface area is 108 Å². The molecule has 2 heterocycles. The van der Waals surface area contributed by atoms with E-state index in [0.29, 0.717) is 6.04 Å². The predicted octanol–water partition coefficient (Wildman–Crippen LogP) is 3.08. The van der Waals surface area contributed by atoms with Gasteiger partial charge in [-0.1, -0.05) is 0 Å². The van der Waals surface area contributed by atoms with Crippen LogP contribution in [0.3, 0.4) is 0 Å². The van der Waals surface area contributed by atoms with Gasteiger partial charge in [-0.2, -0.15) is 0 Å². The molecule has 0 saturated carbocycles. The van der Waals surface area contributed by atoms with Crippen LogP contribution in [-0.2, 0) is 0 Å². The van der Waals surface area contributed by atoms with E-state index in [0.717, 1.165) is 36.1 Å². The Morgan fingerprint density at radius 1 is 1.35 bits per heavy atom. The van der Waals surface area contributed by atoms with Crippen LogP contribution < -0.4 is 4.90 Å². The van der Waals surface area contributed by atoms with Gasteiger partial charge >= 0.3 is 0 Å². The number of hydrogen-bond acceptors (Lipinski definition) is 3. The maximum absolute atomic E-state index is 5.88. The molecule has 1 unspecified atom stereocenters. The van der Waals surface area contributed by atoms with Crippen LogP contribution in [0.25, 0.3) is 0 Å². The molecule has 1 atom stereocenters. The molecule has 0 amide bonds. The number of aryl methyl sites for hydroxylation is 2. The Bertz CT molecular complexity index is 379. The highest BCUT2D eigenvalue weighted by molar-refractivity contribution is 6.17. The molecule has 94 valence electrons. The van der Waals surface area contributed by atoms with Crippen LogP contribution in [0.1, 0.15) is 37.1 Å². The first-order valence-corrected chi connectivity index (χ1v) is 6.88. The number of anilines is 1. The Hall–Kier alpha value is -0.830. The van der Waals surface area contributed by atoms with Gasteiger partial charge in [0.05, 0.1) is 17.6 Å². The normalized spacial score (nSPS) is 20.6. The summed E-state index contributed by atoms with van der Waals surface area (Å²) in [6.45, 7) is 5.10. The highest BCUT2D eigenvalue weighted by atomic mass is 35.5. The number of hydrogen-bond donors (Lipinski definition) is 0. The van der Waals surface area contributed by atoms with E-state index in [4.69, 9.17) is 11.6 Å². The number of aromatic nitrogens is 2. The lowest BCUT2D eigenvalue weighted by Gasteiger charge is -2.36. The summed E-state index contributed by atoms with van der Waals surface area (Å²) in [5, 5.41) is 0. The predicted molar refractivity (Wildman–Crippen MR) is 71.8 cm³/mol. The molecule has 1 aromatic rings. The van der Waals surface area contributed by atoms with Crippen LogP contribution in [0.4, 0.5) is 5.82 Å². The molecule has 2 rings (SSSR count). The highest BCUT2D eigenvalue weighted by Gasteiger charge is 2.23. The number of rotatable bonds is 3. The van der Waals surface area contributed by atoms with Crippen LogP contribution in [-0.4, -0.2) is 28.4 Å². The summed E-state index contributed by atoms with van der Waals surface area (Å²) < 4.78 is 0. The van der Waals surface area contributed by atoms with Gasteiger partial charge in [-0.05, 0) is 39.5 Å². The first-order chi connectivity index (χ1) is 8.22. The summed E-state index contributed by atoms with van der Waals surface area (Å²) in [5.41, 5.74) is 2.04. The van der Waals surface area contributed by atoms with E-state index in [1.165, 1.54) is 19.3 Å². The minimum Gasteiger partial charge on any atom is -0.352 e. The molecule has 1 saturated heterocycles. The summed E-state index contributed by atoms with van der Waals surface area (Å²) in [6.07, 6.45) is 6.70. The molecule has 0 N–H and O–H groups in total. The van der Waals surface area contributed by atoms with Gasteiger partial charge in [-0.15, -0.1) is 11.6 Å². The fraction of sp³-hybridized carbons (Fsp3) is 0.692. The van der Waals surface area contributed by atoms with Crippen molar-refractivity contribution in [2.45, 2.75) is 45.6 Å². The van der Waals surface area contributed by atoms with E-state index in [2.05, 4.69) is 14.9 Å². The summed E-state index contributed by atoms with van der Waals surface area (Å²) >= 11 is 5.88. The molecule has 3 nitrogen and oxygen atoms in total. The van der Waals surface area contributed by atoms with Crippen molar-refractivity contribution in [1.82, 2.24) is 9.97 Å². The zero-order valence-electron chi connectivity index (χ0n) is 10.6. The molecule has 0 bridgehead atoms. The topological polar surface area (TPSA) is 29.0 Å². The van der Waals surface area contributed by atoms with Gasteiger partial charge < -0.3 is 4.90 Å². The Morgan fingerprint density at radius 2 is 2.18 bits per heavy atom. The van der Waals surface area contributed by atoms with Crippen molar-refractivity contribution in [2.24, 2.45) is 0 Å². The van der Waals surface area contributed by atoms with Crippen LogP contribution in [0.2, 0.25) is 0 Å². The van der Waals surface area contributed by atoms with Gasteiger partial charge in [0.15, 0.2) is 0 Å². The second-order valence-corrected chi connectivity index (χ2v) is 5.10. The van der Waals surface area contributed by atoms with Gasteiger partial charge in [-0.25, -0.2) is 4.98 Å². The molecular formula is C13H20ClN3. The summed E-state index contributed by atoms with van der Waals surface area (Å²) in [4.78, 5) is 11.4. The Morgan fingerprint density at radius 3 is 2.88 bits per heavy atom. The molecule has 1 aliphatic rings. The minimum atomic E-state index is 0.539. The number of piperidine rings is 1. The van der Waals surface area contributed by atoms with E-state index >= 15 is 0 Å². The van der Waals surface area contributed by atoms with E-state index in [1.54, 1.807) is 0 Å². The molecule has 0 aromatic carbocycles. The molecular weight excluding hydrogens is 234 g/mol. The van der Waals surface area contributed by atoms with Crippen LogP contribution in [0.5, 0.6) is 0 Å². The van der Waals surface area contributed by atoms with Gasteiger partial charge in [0.1, 0.15) is 5.82 Å². The average molecular weight is 254 g/mol. The van der Waals surface area contributed by atoms with Gasteiger partial charge in [-0.3, -0.25) is 4.98 Å². The van der Waals surface area contributed by atoms with Crippen molar-refractivity contribution >= 4 is 17.4 Å². The standard InChI is InChI=1S/C13H20ClN3/c1-10-11(2)16-13(9-15-10)17-8-4-3-5-12(17)6-7-14/h9,12H,3-8H2,1-2H3. The zero-order valence-corrected chi connectivity index (χ0v) is 11.4. The summed E-state index contributed by atoms with van der Waals surface area (Å²) in [6, 6.07) is 0.539. The highest BCUT2D eigenvalue weighted by Crippen LogP contribution is 2.25. The third kappa shape index (κ3) is 2.89. The monoisotopic (exact) mass is 253 g/mol. The van der Waals surface area contributed by atoms with Crippen molar-refractivity contribution in [3.63, 3.8) is 0 Å². The van der Waals surface area contributed by atoms with Crippen LogP contribution in [0, 0.1) is 13.8 Å². The third-order valence-corrected chi connectivity index (χ3v) is 3.76. The van der Waals surface area contributed by atoms with Crippen molar-refractivity contribution in [3.05, 3.63) is 17.6 Å². The molecule has 1 aromatic heterocycles. The second-order valence-electron chi connectivity index (χ2n) is 4.72. The van der Waals surface area contributed by atoms with Gasteiger partial charge in [0.2, 0.25) is 0 Å². The molecule has 0 aliphatic carbocycles. The lowest BCUT2D eigenvalue weighted by molar-refractivity contribution is 0.447. The van der Waals surface area contributed by atoms with Crippen LogP contribution in [0.15, 0.2) is 6.20 Å². The molecule has 4 heteroatoms. The van der Waals surface area contributed by atoms with E-state index in [-0.39, 0.29) is 0 Å².